The summed E-state index contributed by atoms with van der Waals surface area (Å²) < 4.78 is 6.84. The lowest BCUT2D eigenvalue weighted by Gasteiger charge is -2.04. The van der Waals surface area contributed by atoms with Crippen LogP contribution in [-0.4, -0.2) is 14.9 Å². The maximum absolute atomic E-state index is 9.91. The largest absolute Gasteiger partial charge is 0.466 e. The number of aliphatic hydroxyl groups is 1. The summed E-state index contributed by atoms with van der Waals surface area (Å²) in [5.41, 5.74) is 1.54. The van der Waals surface area contributed by atoms with Crippen molar-refractivity contribution in [2.45, 2.75) is 13.0 Å². The van der Waals surface area contributed by atoms with Crippen LogP contribution in [0.1, 0.15) is 23.1 Å². The molecular formula is C10H12N2O2. The normalized spacial score (nSPS) is 13.1. The predicted molar refractivity (Wildman–Crippen MR) is 50.7 cm³/mol. The molecular weight excluding hydrogens is 180 g/mol. The van der Waals surface area contributed by atoms with Crippen LogP contribution in [0, 0.1) is 6.92 Å². The van der Waals surface area contributed by atoms with Gasteiger partial charge in [-0.05, 0) is 24.6 Å². The fourth-order valence-electron chi connectivity index (χ4n) is 1.38. The summed E-state index contributed by atoms with van der Waals surface area (Å²) >= 11 is 0. The smallest absolute Gasteiger partial charge is 0.155 e. The average molecular weight is 192 g/mol. The predicted octanol–water partition coefficient (Wildman–Crippen LogP) is 1.40. The molecule has 2 aromatic rings. The van der Waals surface area contributed by atoms with Crippen LogP contribution in [0.4, 0.5) is 0 Å². The van der Waals surface area contributed by atoms with Gasteiger partial charge in [-0.15, -0.1) is 0 Å². The number of rotatable bonds is 2. The summed E-state index contributed by atoms with van der Waals surface area (Å²) in [5, 5.41) is 14.0. The molecule has 0 aliphatic rings. The molecule has 1 atom stereocenters. The van der Waals surface area contributed by atoms with Gasteiger partial charge in [0.2, 0.25) is 0 Å². The first-order valence-corrected chi connectivity index (χ1v) is 4.40. The maximum Gasteiger partial charge on any atom is 0.155 e. The van der Waals surface area contributed by atoms with Gasteiger partial charge in [-0.1, -0.05) is 0 Å². The zero-order valence-corrected chi connectivity index (χ0v) is 8.14. The lowest BCUT2D eigenvalue weighted by molar-refractivity contribution is 0.183. The molecule has 1 unspecified atom stereocenters. The number of aromatic nitrogens is 2. The molecule has 14 heavy (non-hydrogen) atoms. The van der Waals surface area contributed by atoms with Crippen LogP contribution in [0.15, 0.2) is 29.0 Å². The second-order valence-corrected chi connectivity index (χ2v) is 3.28. The van der Waals surface area contributed by atoms with E-state index in [1.54, 1.807) is 23.2 Å². The molecule has 0 saturated heterocycles. The van der Waals surface area contributed by atoms with E-state index in [2.05, 4.69) is 5.10 Å². The van der Waals surface area contributed by atoms with E-state index < -0.39 is 6.10 Å². The minimum absolute atomic E-state index is 0.559. The molecule has 0 spiro atoms. The summed E-state index contributed by atoms with van der Waals surface area (Å²) in [6, 6.07) is 3.59. The van der Waals surface area contributed by atoms with E-state index >= 15 is 0 Å². The molecule has 0 aliphatic carbocycles. The third-order valence-electron chi connectivity index (χ3n) is 2.16. The van der Waals surface area contributed by atoms with Crippen LogP contribution in [0.5, 0.6) is 0 Å². The van der Waals surface area contributed by atoms with Gasteiger partial charge in [0, 0.05) is 13.2 Å². The first-order chi connectivity index (χ1) is 6.68. The van der Waals surface area contributed by atoms with Gasteiger partial charge in [0.15, 0.2) is 6.10 Å². The molecule has 4 heteroatoms. The summed E-state index contributed by atoms with van der Waals surface area (Å²) in [6.07, 6.45) is 2.58. The number of aliphatic hydroxyl groups excluding tert-OH is 1. The van der Waals surface area contributed by atoms with Crippen molar-refractivity contribution in [2.75, 3.05) is 0 Å². The van der Waals surface area contributed by atoms with Crippen LogP contribution < -0.4 is 0 Å². The van der Waals surface area contributed by atoms with Gasteiger partial charge in [-0.2, -0.15) is 5.10 Å². The Morgan fingerprint density at radius 1 is 1.50 bits per heavy atom. The van der Waals surface area contributed by atoms with Crippen LogP contribution in [-0.2, 0) is 7.05 Å². The fraction of sp³-hybridized carbons (Fsp3) is 0.300. The molecule has 0 bridgehead atoms. The lowest BCUT2D eigenvalue weighted by Crippen LogP contribution is -2.01. The monoisotopic (exact) mass is 192 g/mol. The van der Waals surface area contributed by atoms with Crippen LogP contribution >= 0.6 is 0 Å². The molecule has 0 saturated carbocycles. The first-order valence-electron chi connectivity index (χ1n) is 4.40. The zero-order chi connectivity index (χ0) is 10.1. The van der Waals surface area contributed by atoms with Gasteiger partial charge in [0.25, 0.3) is 0 Å². The topological polar surface area (TPSA) is 51.2 Å². The Bertz CT molecular complexity index is 431. The molecule has 0 amide bonds. The molecule has 0 aliphatic heterocycles. The highest BCUT2D eigenvalue weighted by Crippen LogP contribution is 2.23. The van der Waals surface area contributed by atoms with E-state index in [0.29, 0.717) is 11.5 Å². The Morgan fingerprint density at radius 3 is 2.79 bits per heavy atom. The molecule has 1 N–H and O–H groups in total. The highest BCUT2D eigenvalue weighted by atomic mass is 16.4. The lowest BCUT2D eigenvalue weighted by atomic mass is 10.1. The molecule has 0 fully saturated rings. The van der Waals surface area contributed by atoms with Crippen molar-refractivity contribution >= 4 is 0 Å². The van der Waals surface area contributed by atoms with Crippen molar-refractivity contribution in [3.63, 3.8) is 0 Å². The van der Waals surface area contributed by atoms with Crippen LogP contribution in [0.3, 0.4) is 0 Å². The molecule has 2 heterocycles. The Labute approximate surface area is 81.8 Å². The Hall–Kier alpha value is -1.55. The van der Waals surface area contributed by atoms with Gasteiger partial charge in [0.1, 0.15) is 5.76 Å². The summed E-state index contributed by atoms with van der Waals surface area (Å²) in [5.74, 6) is 0.559. The molecule has 0 radical (unpaired) electrons. The third kappa shape index (κ3) is 1.44. The van der Waals surface area contributed by atoms with E-state index in [9.17, 15) is 5.11 Å². The molecule has 2 aromatic heterocycles. The van der Waals surface area contributed by atoms with Crippen molar-refractivity contribution < 1.29 is 9.52 Å². The minimum atomic E-state index is -0.772. The van der Waals surface area contributed by atoms with Crippen LogP contribution in [0.25, 0.3) is 0 Å². The van der Waals surface area contributed by atoms with E-state index in [0.717, 1.165) is 5.56 Å². The van der Waals surface area contributed by atoms with Gasteiger partial charge >= 0.3 is 0 Å². The zero-order valence-electron chi connectivity index (χ0n) is 8.14. The van der Waals surface area contributed by atoms with E-state index in [1.165, 1.54) is 0 Å². The number of furan rings is 1. The summed E-state index contributed by atoms with van der Waals surface area (Å²) in [4.78, 5) is 0. The molecule has 74 valence electrons. The molecule has 0 aromatic carbocycles. The number of hydrogen-bond donors (Lipinski definition) is 1. The highest BCUT2D eigenvalue weighted by Gasteiger charge is 2.18. The Balaban J connectivity index is 2.33. The minimum Gasteiger partial charge on any atom is -0.466 e. The van der Waals surface area contributed by atoms with E-state index in [-0.39, 0.29) is 0 Å². The fourth-order valence-corrected chi connectivity index (χ4v) is 1.38. The molecule has 4 nitrogen and oxygen atoms in total. The summed E-state index contributed by atoms with van der Waals surface area (Å²) in [7, 11) is 1.81. The number of hydrogen-bond acceptors (Lipinski definition) is 3. The third-order valence-corrected chi connectivity index (χ3v) is 2.16. The summed E-state index contributed by atoms with van der Waals surface area (Å²) in [6.45, 7) is 1.89. The van der Waals surface area contributed by atoms with Crippen LogP contribution in [0.2, 0.25) is 0 Å². The average Bonchev–Trinajstić information content (AvgIpc) is 2.73. The maximum atomic E-state index is 9.91. The molecule has 2 rings (SSSR count). The Kier molecular flexibility index (Phi) is 2.13. The first kappa shape index (κ1) is 9.02. The van der Waals surface area contributed by atoms with E-state index in [1.807, 2.05) is 20.0 Å². The number of aryl methyl sites for hydroxylation is 2. The van der Waals surface area contributed by atoms with Crippen molar-refractivity contribution in [1.29, 1.82) is 0 Å². The van der Waals surface area contributed by atoms with E-state index in [4.69, 9.17) is 4.42 Å². The van der Waals surface area contributed by atoms with Gasteiger partial charge < -0.3 is 9.52 Å². The highest BCUT2D eigenvalue weighted by molar-refractivity contribution is 5.23. The second-order valence-electron chi connectivity index (χ2n) is 3.28. The van der Waals surface area contributed by atoms with Gasteiger partial charge in [0.05, 0.1) is 12.0 Å². The second kappa shape index (κ2) is 3.31. The standard InChI is InChI=1S/C10H12N2O2/c1-7-4-6-14-10(7)9(13)8-3-5-12(2)11-8/h3-6,9,13H,1-2H3. The quantitative estimate of drug-likeness (QED) is 0.782. The van der Waals surface area contributed by atoms with Crippen molar-refractivity contribution in [3.05, 3.63) is 41.6 Å². The van der Waals surface area contributed by atoms with Crippen molar-refractivity contribution in [2.24, 2.45) is 7.05 Å². The van der Waals surface area contributed by atoms with Gasteiger partial charge in [-0.3, -0.25) is 4.68 Å². The Morgan fingerprint density at radius 2 is 2.29 bits per heavy atom. The number of nitrogens with zero attached hydrogens (tertiary/aromatic N) is 2. The van der Waals surface area contributed by atoms with Gasteiger partial charge in [-0.25, -0.2) is 0 Å². The SMILES string of the molecule is Cc1ccoc1C(O)c1ccn(C)n1. The van der Waals surface area contributed by atoms with Crippen molar-refractivity contribution in [1.82, 2.24) is 9.78 Å². The van der Waals surface area contributed by atoms with Crippen molar-refractivity contribution in [3.8, 4) is 0 Å².